The van der Waals surface area contributed by atoms with Gasteiger partial charge in [-0.2, -0.15) is 0 Å². The van der Waals surface area contributed by atoms with Crippen molar-refractivity contribution >= 4 is 5.91 Å². The highest BCUT2D eigenvalue weighted by Crippen LogP contribution is 2.29. The van der Waals surface area contributed by atoms with Crippen molar-refractivity contribution in [2.24, 2.45) is 0 Å². The lowest BCUT2D eigenvalue weighted by molar-refractivity contribution is 0.0398. The molecule has 1 amide bonds. The van der Waals surface area contributed by atoms with E-state index >= 15 is 0 Å². The Labute approximate surface area is 122 Å². The summed E-state index contributed by atoms with van der Waals surface area (Å²) in [6, 6.07) is -0.336. The van der Waals surface area contributed by atoms with Gasteiger partial charge in [0.2, 0.25) is 0 Å². The van der Waals surface area contributed by atoms with Gasteiger partial charge in [0.15, 0.2) is 0 Å². The van der Waals surface area contributed by atoms with Crippen LogP contribution < -0.4 is 5.32 Å². The standard InChI is InChI=1S/C14H17N5O2/c20-13-11(18-14(21)10-6-16-8-17-7-10)2-1-3-12(13)19-5-4-15-9-19/h4-9,11-13,20H,1-3H2,(H,18,21)/t11-,12-,13-/m1/s1. The van der Waals surface area contributed by atoms with Gasteiger partial charge >= 0.3 is 0 Å². The van der Waals surface area contributed by atoms with Crippen LogP contribution in [0.15, 0.2) is 37.4 Å². The van der Waals surface area contributed by atoms with E-state index < -0.39 is 6.10 Å². The lowest BCUT2D eigenvalue weighted by Crippen LogP contribution is -2.49. The summed E-state index contributed by atoms with van der Waals surface area (Å²) in [6.07, 6.45) is 11.5. The maximum atomic E-state index is 12.1. The van der Waals surface area contributed by atoms with Crippen molar-refractivity contribution < 1.29 is 9.90 Å². The summed E-state index contributed by atoms with van der Waals surface area (Å²) in [4.78, 5) is 23.8. The molecule has 1 saturated carbocycles. The molecule has 2 aromatic heterocycles. The second-order valence-corrected chi connectivity index (χ2v) is 5.21. The number of aromatic nitrogens is 4. The predicted octanol–water partition coefficient (Wildman–Crippen LogP) is 0.558. The van der Waals surface area contributed by atoms with E-state index in [-0.39, 0.29) is 18.0 Å². The monoisotopic (exact) mass is 287 g/mol. The topological polar surface area (TPSA) is 92.9 Å². The van der Waals surface area contributed by atoms with Gasteiger partial charge in [-0.3, -0.25) is 4.79 Å². The van der Waals surface area contributed by atoms with Gasteiger partial charge < -0.3 is 15.0 Å². The van der Waals surface area contributed by atoms with Crippen LogP contribution in [-0.2, 0) is 0 Å². The van der Waals surface area contributed by atoms with Crippen LogP contribution in [0.4, 0.5) is 0 Å². The highest BCUT2D eigenvalue weighted by Gasteiger charge is 2.33. The highest BCUT2D eigenvalue weighted by molar-refractivity contribution is 5.93. The molecule has 7 nitrogen and oxygen atoms in total. The molecule has 7 heteroatoms. The number of aliphatic hydroxyl groups is 1. The largest absolute Gasteiger partial charge is 0.389 e. The maximum absolute atomic E-state index is 12.1. The molecule has 2 aromatic rings. The summed E-state index contributed by atoms with van der Waals surface area (Å²) in [7, 11) is 0. The number of hydrogen-bond donors (Lipinski definition) is 2. The van der Waals surface area contributed by atoms with Crippen LogP contribution in [0.2, 0.25) is 0 Å². The zero-order chi connectivity index (χ0) is 14.7. The maximum Gasteiger partial charge on any atom is 0.254 e. The average Bonchev–Trinajstić information content (AvgIpc) is 3.04. The van der Waals surface area contributed by atoms with E-state index in [9.17, 15) is 9.90 Å². The molecular formula is C14H17N5O2. The Hall–Kier alpha value is -2.28. The molecule has 3 rings (SSSR count). The van der Waals surface area contributed by atoms with Gasteiger partial charge in [0.05, 0.1) is 30.1 Å². The number of hydrogen-bond acceptors (Lipinski definition) is 5. The zero-order valence-electron chi connectivity index (χ0n) is 11.5. The smallest absolute Gasteiger partial charge is 0.254 e. The van der Waals surface area contributed by atoms with E-state index in [4.69, 9.17) is 0 Å². The predicted molar refractivity (Wildman–Crippen MR) is 74.4 cm³/mol. The van der Waals surface area contributed by atoms with Crippen LogP contribution in [0, 0.1) is 0 Å². The number of aliphatic hydroxyl groups excluding tert-OH is 1. The minimum absolute atomic E-state index is 0.0569. The number of carbonyl (C=O) groups excluding carboxylic acids is 1. The number of amides is 1. The van der Waals surface area contributed by atoms with Gasteiger partial charge in [-0.1, -0.05) is 0 Å². The van der Waals surface area contributed by atoms with Gasteiger partial charge in [0.1, 0.15) is 6.33 Å². The molecule has 2 heterocycles. The van der Waals surface area contributed by atoms with Gasteiger partial charge in [-0.05, 0) is 19.3 Å². The molecule has 1 aliphatic rings. The Morgan fingerprint density at radius 1 is 1.29 bits per heavy atom. The number of imidazole rings is 1. The molecule has 1 aliphatic carbocycles. The van der Waals surface area contributed by atoms with Crippen LogP contribution in [0.25, 0.3) is 0 Å². The van der Waals surface area contributed by atoms with E-state index in [1.165, 1.54) is 18.7 Å². The van der Waals surface area contributed by atoms with Crippen LogP contribution in [0.1, 0.15) is 35.7 Å². The van der Waals surface area contributed by atoms with E-state index in [2.05, 4.69) is 20.3 Å². The summed E-state index contributed by atoms with van der Waals surface area (Å²) in [5, 5.41) is 13.4. The number of nitrogens with one attached hydrogen (secondary N) is 1. The van der Waals surface area contributed by atoms with Crippen LogP contribution >= 0.6 is 0 Å². The Bertz CT molecular complexity index is 587. The zero-order valence-corrected chi connectivity index (χ0v) is 11.5. The number of carbonyl (C=O) groups is 1. The summed E-state index contributed by atoms with van der Waals surface area (Å²) in [5.41, 5.74) is 0.398. The van der Waals surface area contributed by atoms with Crippen molar-refractivity contribution in [3.8, 4) is 0 Å². The third-order valence-corrected chi connectivity index (χ3v) is 3.87. The van der Waals surface area contributed by atoms with Crippen molar-refractivity contribution in [3.63, 3.8) is 0 Å². The first-order valence-electron chi connectivity index (χ1n) is 6.97. The minimum atomic E-state index is -0.637. The summed E-state index contributed by atoms with van der Waals surface area (Å²) in [5.74, 6) is -0.258. The van der Waals surface area contributed by atoms with Crippen molar-refractivity contribution in [1.82, 2.24) is 24.8 Å². The Morgan fingerprint density at radius 2 is 2.10 bits per heavy atom. The SMILES string of the molecule is O=C(N[C@@H]1CCC[C@@H](n2ccnc2)[C@@H]1O)c1cncnc1. The molecule has 0 aromatic carbocycles. The fourth-order valence-corrected chi connectivity index (χ4v) is 2.77. The van der Waals surface area contributed by atoms with Gasteiger partial charge in [0, 0.05) is 24.8 Å². The van der Waals surface area contributed by atoms with Crippen LogP contribution in [0.5, 0.6) is 0 Å². The van der Waals surface area contributed by atoms with E-state index in [0.717, 1.165) is 19.3 Å². The first kappa shape index (κ1) is 13.7. The molecule has 21 heavy (non-hydrogen) atoms. The quantitative estimate of drug-likeness (QED) is 0.860. The van der Waals surface area contributed by atoms with Crippen molar-refractivity contribution in [3.05, 3.63) is 43.0 Å². The van der Waals surface area contributed by atoms with E-state index in [0.29, 0.717) is 5.56 Å². The van der Waals surface area contributed by atoms with Crippen molar-refractivity contribution in [2.45, 2.75) is 37.5 Å². The average molecular weight is 287 g/mol. The minimum Gasteiger partial charge on any atom is -0.389 e. The molecule has 0 saturated heterocycles. The van der Waals surface area contributed by atoms with Crippen LogP contribution in [-0.4, -0.2) is 42.7 Å². The van der Waals surface area contributed by atoms with Crippen LogP contribution in [0.3, 0.4) is 0 Å². The molecule has 0 spiro atoms. The third kappa shape index (κ3) is 2.92. The molecule has 110 valence electrons. The Balaban J connectivity index is 1.69. The second-order valence-electron chi connectivity index (χ2n) is 5.21. The molecule has 1 fully saturated rings. The number of rotatable bonds is 3. The van der Waals surface area contributed by atoms with Gasteiger partial charge in [-0.15, -0.1) is 0 Å². The lowest BCUT2D eigenvalue weighted by atomic mass is 9.87. The molecule has 0 unspecified atom stereocenters. The second kappa shape index (κ2) is 6.01. The first-order valence-corrected chi connectivity index (χ1v) is 6.97. The fraction of sp³-hybridized carbons (Fsp3) is 0.429. The van der Waals surface area contributed by atoms with Gasteiger partial charge in [-0.25, -0.2) is 15.0 Å². The molecule has 2 N–H and O–H groups in total. The van der Waals surface area contributed by atoms with Crippen molar-refractivity contribution in [2.75, 3.05) is 0 Å². The highest BCUT2D eigenvalue weighted by atomic mass is 16.3. The first-order chi connectivity index (χ1) is 10.3. The summed E-state index contributed by atoms with van der Waals surface area (Å²) >= 11 is 0. The molecular weight excluding hydrogens is 270 g/mol. The fourth-order valence-electron chi connectivity index (χ4n) is 2.77. The summed E-state index contributed by atoms with van der Waals surface area (Å²) in [6.45, 7) is 0. The van der Waals surface area contributed by atoms with Crippen molar-refractivity contribution in [1.29, 1.82) is 0 Å². The van der Waals surface area contributed by atoms with Gasteiger partial charge in [0.25, 0.3) is 5.91 Å². The molecule has 0 bridgehead atoms. The summed E-state index contributed by atoms with van der Waals surface area (Å²) < 4.78 is 1.90. The molecule has 3 atom stereocenters. The lowest BCUT2D eigenvalue weighted by Gasteiger charge is -2.35. The normalized spacial score (nSPS) is 25.5. The number of nitrogens with zero attached hydrogens (tertiary/aromatic N) is 4. The van der Waals surface area contributed by atoms with E-state index in [1.54, 1.807) is 12.5 Å². The molecule has 0 aliphatic heterocycles. The Morgan fingerprint density at radius 3 is 2.81 bits per heavy atom. The van der Waals surface area contributed by atoms with E-state index in [1.807, 2.05) is 10.8 Å². The Kier molecular flexibility index (Phi) is 3.92. The third-order valence-electron chi connectivity index (χ3n) is 3.87. The molecule has 0 radical (unpaired) electrons.